The number of halogens is 1. The third kappa shape index (κ3) is 6.60. The predicted molar refractivity (Wildman–Crippen MR) is 79.2 cm³/mol. The van der Waals surface area contributed by atoms with Crippen LogP contribution in [0.4, 0.5) is 0 Å². The van der Waals surface area contributed by atoms with Gasteiger partial charge in [-0.2, -0.15) is 0 Å². The molecule has 0 saturated carbocycles. The first-order valence-corrected chi connectivity index (χ1v) is 7.29. The zero-order chi connectivity index (χ0) is 12.5. The first-order chi connectivity index (χ1) is 8.27. The highest BCUT2D eigenvalue weighted by molar-refractivity contribution is 5.85. The average molecular weight is 277 g/mol. The molecule has 1 rings (SSSR count). The largest absolute Gasteiger partial charge is 0.354 e. The number of carbonyl (C=O) groups excluding carboxylic acids is 1. The van der Waals surface area contributed by atoms with Crippen LogP contribution in [-0.4, -0.2) is 25.0 Å². The summed E-state index contributed by atoms with van der Waals surface area (Å²) >= 11 is 0. The molecule has 2 N–H and O–H groups in total. The van der Waals surface area contributed by atoms with E-state index in [0.29, 0.717) is 5.92 Å². The monoisotopic (exact) mass is 276 g/mol. The van der Waals surface area contributed by atoms with Gasteiger partial charge in [0.15, 0.2) is 0 Å². The summed E-state index contributed by atoms with van der Waals surface area (Å²) in [6.07, 6.45) is 8.36. The van der Waals surface area contributed by atoms with Gasteiger partial charge in [0, 0.05) is 6.54 Å². The quantitative estimate of drug-likeness (QED) is 0.716. The Kier molecular flexibility index (Phi) is 10.5. The van der Waals surface area contributed by atoms with Gasteiger partial charge in [0.25, 0.3) is 0 Å². The van der Waals surface area contributed by atoms with Crippen molar-refractivity contribution in [2.24, 2.45) is 5.92 Å². The van der Waals surface area contributed by atoms with Gasteiger partial charge in [-0.1, -0.05) is 33.1 Å². The number of hydrogen-bond donors (Lipinski definition) is 2. The molecule has 0 spiro atoms. The minimum absolute atomic E-state index is 0. The molecule has 1 amide bonds. The Morgan fingerprint density at radius 1 is 1.33 bits per heavy atom. The summed E-state index contributed by atoms with van der Waals surface area (Å²) in [7, 11) is 0. The molecule has 0 aliphatic carbocycles. The van der Waals surface area contributed by atoms with Crippen molar-refractivity contribution in [1.82, 2.24) is 10.6 Å². The highest BCUT2D eigenvalue weighted by Crippen LogP contribution is 2.14. The number of nitrogens with one attached hydrogen (secondary N) is 2. The van der Waals surface area contributed by atoms with Crippen LogP contribution in [0.5, 0.6) is 0 Å². The molecule has 1 aliphatic rings. The zero-order valence-corrected chi connectivity index (χ0v) is 12.7. The van der Waals surface area contributed by atoms with Crippen LogP contribution in [0.25, 0.3) is 0 Å². The fourth-order valence-corrected chi connectivity index (χ4v) is 2.53. The van der Waals surface area contributed by atoms with Gasteiger partial charge in [0.05, 0.1) is 6.04 Å². The van der Waals surface area contributed by atoms with E-state index in [-0.39, 0.29) is 24.4 Å². The van der Waals surface area contributed by atoms with E-state index >= 15 is 0 Å². The molecule has 2 atom stereocenters. The van der Waals surface area contributed by atoms with Gasteiger partial charge in [-0.25, -0.2) is 0 Å². The third-order valence-electron chi connectivity index (χ3n) is 3.60. The Bertz CT molecular complexity index is 218. The molecular formula is C14H29ClN2O. The normalized spacial score (nSPS) is 20.2. The first kappa shape index (κ1) is 17.7. The second kappa shape index (κ2) is 10.6. The number of rotatable bonds is 8. The van der Waals surface area contributed by atoms with E-state index in [1.807, 2.05) is 0 Å². The molecule has 0 bridgehead atoms. The Labute approximate surface area is 118 Å². The first-order valence-electron chi connectivity index (χ1n) is 7.29. The van der Waals surface area contributed by atoms with Gasteiger partial charge < -0.3 is 10.6 Å². The molecule has 0 aromatic rings. The second-order valence-electron chi connectivity index (χ2n) is 5.19. The maximum atomic E-state index is 11.9. The lowest BCUT2D eigenvalue weighted by Gasteiger charge is -2.18. The molecular weight excluding hydrogens is 248 g/mol. The maximum Gasteiger partial charge on any atom is 0.237 e. The second-order valence-corrected chi connectivity index (χ2v) is 5.19. The van der Waals surface area contributed by atoms with E-state index in [1.54, 1.807) is 0 Å². The van der Waals surface area contributed by atoms with Crippen molar-refractivity contribution in [3.63, 3.8) is 0 Å². The SMILES string of the molecule is CCCCC(CCC)CNC(=O)C1CCCN1.Cl. The van der Waals surface area contributed by atoms with Crippen LogP contribution in [0.15, 0.2) is 0 Å². The van der Waals surface area contributed by atoms with Gasteiger partial charge in [-0.05, 0) is 38.1 Å². The summed E-state index contributed by atoms with van der Waals surface area (Å²) < 4.78 is 0. The molecule has 108 valence electrons. The van der Waals surface area contributed by atoms with E-state index in [2.05, 4.69) is 24.5 Å². The van der Waals surface area contributed by atoms with E-state index in [1.165, 1.54) is 32.1 Å². The van der Waals surface area contributed by atoms with Gasteiger partial charge >= 0.3 is 0 Å². The van der Waals surface area contributed by atoms with Crippen LogP contribution in [0.3, 0.4) is 0 Å². The van der Waals surface area contributed by atoms with Crippen molar-refractivity contribution in [2.75, 3.05) is 13.1 Å². The zero-order valence-electron chi connectivity index (χ0n) is 11.8. The fourth-order valence-electron chi connectivity index (χ4n) is 2.53. The van der Waals surface area contributed by atoms with Crippen LogP contribution in [0.2, 0.25) is 0 Å². The molecule has 2 unspecified atom stereocenters. The standard InChI is InChI=1S/C14H28N2O.ClH/c1-3-5-8-12(7-4-2)11-16-14(17)13-9-6-10-15-13;/h12-13,15H,3-11H2,1-2H3,(H,16,17);1H. The van der Waals surface area contributed by atoms with E-state index < -0.39 is 0 Å². The summed E-state index contributed by atoms with van der Waals surface area (Å²) in [6.45, 7) is 6.31. The molecule has 0 aromatic carbocycles. The molecule has 1 heterocycles. The van der Waals surface area contributed by atoms with Crippen LogP contribution >= 0.6 is 12.4 Å². The van der Waals surface area contributed by atoms with Crippen molar-refractivity contribution < 1.29 is 4.79 Å². The van der Waals surface area contributed by atoms with Crippen molar-refractivity contribution in [3.05, 3.63) is 0 Å². The Morgan fingerprint density at radius 3 is 2.67 bits per heavy atom. The summed E-state index contributed by atoms with van der Waals surface area (Å²) in [6, 6.07) is 0.0726. The number of hydrogen-bond acceptors (Lipinski definition) is 2. The third-order valence-corrected chi connectivity index (χ3v) is 3.60. The van der Waals surface area contributed by atoms with Crippen LogP contribution in [-0.2, 0) is 4.79 Å². The van der Waals surface area contributed by atoms with Crippen molar-refractivity contribution in [3.8, 4) is 0 Å². The molecule has 4 heteroatoms. The lowest BCUT2D eigenvalue weighted by molar-refractivity contribution is -0.123. The van der Waals surface area contributed by atoms with E-state index in [0.717, 1.165) is 25.9 Å². The van der Waals surface area contributed by atoms with Crippen LogP contribution in [0.1, 0.15) is 58.8 Å². The topological polar surface area (TPSA) is 41.1 Å². The maximum absolute atomic E-state index is 11.9. The molecule has 1 aliphatic heterocycles. The molecule has 0 radical (unpaired) electrons. The summed E-state index contributed by atoms with van der Waals surface area (Å²) in [4.78, 5) is 11.9. The smallest absolute Gasteiger partial charge is 0.237 e. The number of carbonyl (C=O) groups is 1. The lowest BCUT2D eigenvalue weighted by atomic mass is 9.97. The molecule has 0 aromatic heterocycles. The summed E-state index contributed by atoms with van der Waals surface area (Å²) in [5.74, 6) is 0.880. The Balaban J connectivity index is 0.00000289. The molecule has 3 nitrogen and oxygen atoms in total. The lowest BCUT2D eigenvalue weighted by Crippen LogP contribution is -2.42. The minimum Gasteiger partial charge on any atom is -0.354 e. The van der Waals surface area contributed by atoms with Crippen molar-refractivity contribution >= 4 is 18.3 Å². The average Bonchev–Trinajstić information content (AvgIpc) is 2.86. The number of amides is 1. The Hall–Kier alpha value is -0.280. The molecule has 1 saturated heterocycles. The van der Waals surface area contributed by atoms with E-state index in [4.69, 9.17) is 0 Å². The highest BCUT2D eigenvalue weighted by Gasteiger charge is 2.22. The highest BCUT2D eigenvalue weighted by atomic mass is 35.5. The van der Waals surface area contributed by atoms with Crippen molar-refractivity contribution in [2.45, 2.75) is 64.8 Å². The van der Waals surface area contributed by atoms with Gasteiger partial charge in [-0.3, -0.25) is 4.79 Å². The minimum atomic E-state index is 0. The van der Waals surface area contributed by atoms with Gasteiger partial charge in [0.2, 0.25) is 5.91 Å². The van der Waals surface area contributed by atoms with Gasteiger partial charge in [0.1, 0.15) is 0 Å². The Morgan fingerprint density at radius 2 is 2.11 bits per heavy atom. The predicted octanol–water partition coefficient (Wildman–Crippen LogP) is 2.88. The van der Waals surface area contributed by atoms with Crippen LogP contribution in [0, 0.1) is 5.92 Å². The van der Waals surface area contributed by atoms with Gasteiger partial charge in [-0.15, -0.1) is 12.4 Å². The van der Waals surface area contributed by atoms with Crippen molar-refractivity contribution in [1.29, 1.82) is 0 Å². The van der Waals surface area contributed by atoms with Crippen LogP contribution < -0.4 is 10.6 Å². The molecule has 1 fully saturated rings. The summed E-state index contributed by atoms with van der Waals surface area (Å²) in [5, 5.41) is 6.36. The number of unbranched alkanes of at least 4 members (excludes halogenated alkanes) is 1. The summed E-state index contributed by atoms with van der Waals surface area (Å²) in [5.41, 5.74) is 0. The fraction of sp³-hybridized carbons (Fsp3) is 0.929. The van der Waals surface area contributed by atoms with E-state index in [9.17, 15) is 4.79 Å². The molecule has 18 heavy (non-hydrogen) atoms.